The molecule has 58 valence electrons. The molecule has 1 aliphatic rings. The van der Waals surface area contributed by atoms with Crippen molar-refractivity contribution in [1.29, 1.82) is 0 Å². The SMILES string of the molecule is CNC(=O)CNC1(C)CC1. The van der Waals surface area contributed by atoms with Crippen LogP contribution >= 0.6 is 0 Å². The quantitative estimate of drug-likeness (QED) is 0.576. The van der Waals surface area contributed by atoms with Crippen LogP contribution in [0, 0.1) is 0 Å². The van der Waals surface area contributed by atoms with Gasteiger partial charge in [-0.05, 0) is 19.8 Å². The van der Waals surface area contributed by atoms with E-state index in [2.05, 4.69) is 17.6 Å². The standard InChI is InChI=1S/C7H14N2O/c1-7(3-4-7)9-5-6(10)8-2/h9H,3-5H2,1-2H3,(H,8,10). The number of carbonyl (C=O) groups excluding carboxylic acids is 1. The van der Waals surface area contributed by atoms with Crippen molar-refractivity contribution in [2.45, 2.75) is 25.3 Å². The molecular formula is C7H14N2O. The van der Waals surface area contributed by atoms with E-state index in [1.165, 1.54) is 12.8 Å². The van der Waals surface area contributed by atoms with Crippen molar-refractivity contribution in [2.75, 3.05) is 13.6 Å². The number of amides is 1. The zero-order valence-corrected chi connectivity index (χ0v) is 6.53. The van der Waals surface area contributed by atoms with Crippen LogP contribution in [-0.2, 0) is 4.79 Å². The molecule has 10 heavy (non-hydrogen) atoms. The van der Waals surface area contributed by atoms with E-state index in [9.17, 15) is 4.79 Å². The summed E-state index contributed by atoms with van der Waals surface area (Å²) in [5, 5.41) is 5.74. The van der Waals surface area contributed by atoms with Gasteiger partial charge in [-0.15, -0.1) is 0 Å². The van der Waals surface area contributed by atoms with E-state index in [1.54, 1.807) is 7.05 Å². The van der Waals surface area contributed by atoms with Crippen molar-refractivity contribution < 1.29 is 4.79 Å². The fourth-order valence-electron chi connectivity index (χ4n) is 0.746. The van der Waals surface area contributed by atoms with E-state index < -0.39 is 0 Å². The Morgan fingerprint density at radius 2 is 2.20 bits per heavy atom. The normalized spacial score (nSPS) is 20.2. The highest BCUT2D eigenvalue weighted by molar-refractivity contribution is 5.77. The highest BCUT2D eigenvalue weighted by Crippen LogP contribution is 2.33. The fourth-order valence-corrected chi connectivity index (χ4v) is 0.746. The molecule has 0 atom stereocenters. The molecule has 1 aliphatic carbocycles. The minimum Gasteiger partial charge on any atom is -0.358 e. The number of carbonyl (C=O) groups is 1. The zero-order valence-electron chi connectivity index (χ0n) is 6.53. The molecule has 3 heteroatoms. The lowest BCUT2D eigenvalue weighted by Crippen LogP contribution is -2.37. The number of hydrogen-bond donors (Lipinski definition) is 2. The van der Waals surface area contributed by atoms with Gasteiger partial charge in [-0.1, -0.05) is 0 Å². The Kier molecular flexibility index (Phi) is 1.94. The first kappa shape index (κ1) is 7.54. The van der Waals surface area contributed by atoms with Gasteiger partial charge in [0.25, 0.3) is 0 Å². The molecule has 0 saturated heterocycles. The second-order valence-corrected chi connectivity index (χ2v) is 3.09. The first-order valence-electron chi connectivity index (χ1n) is 3.62. The molecular weight excluding hydrogens is 128 g/mol. The van der Waals surface area contributed by atoms with Gasteiger partial charge in [-0.25, -0.2) is 0 Å². The summed E-state index contributed by atoms with van der Waals surface area (Å²) in [6.45, 7) is 2.59. The summed E-state index contributed by atoms with van der Waals surface area (Å²) < 4.78 is 0. The van der Waals surface area contributed by atoms with Gasteiger partial charge in [0.05, 0.1) is 6.54 Å². The van der Waals surface area contributed by atoms with Crippen LogP contribution in [0.3, 0.4) is 0 Å². The Labute approximate surface area is 61.2 Å². The van der Waals surface area contributed by atoms with Crippen LogP contribution in [0.4, 0.5) is 0 Å². The lowest BCUT2D eigenvalue weighted by atomic mass is 10.3. The van der Waals surface area contributed by atoms with Crippen molar-refractivity contribution in [3.63, 3.8) is 0 Å². The molecule has 0 aromatic heterocycles. The van der Waals surface area contributed by atoms with E-state index in [1.807, 2.05) is 0 Å². The Bertz CT molecular complexity index is 141. The lowest BCUT2D eigenvalue weighted by molar-refractivity contribution is -0.119. The van der Waals surface area contributed by atoms with Gasteiger partial charge in [0, 0.05) is 12.6 Å². The third-order valence-corrected chi connectivity index (χ3v) is 1.95. The fraction of sp³-hybridized carbons (Fsp3) is 0.857. The van der Waals surface area contributed by atoms with E-state index in [0.29, 0.717) is 6.54 Å². The largest absolute Gasteiger partial charge is 0.358 e. The van der Waals surface area contributed by atoms with Gasteiger partial charge < -0.3 is 10.6 Å². The molecule has 1 saturated carbocycles. The third-order valence-electron chi connectivity index (χ3n) is 1.95. The number of hydrogen-bond acceptors (Lipinski definition) is 2. The van der Waals surface area contributed by atoms with Crippen molar-refractivity contribution in [2.24, 2.45) is 0 Å². The summed E-state index contributed by atoms with van der Waals surface area (Å²) in [5.41, 5.74) is 0.270. The van der Waals surface area contributed by atoms with Gasteiger partial charge >= 0.3 is 0 Å². The topological polar surface area (TPSA) is 41.1 Å². The molecule has 2 N–H and O–H groups in total. The summed E-state index contributed by atoms with van der Waals surface area (Å²) in [4.78, 5) is 10.7. The Morgan fingerprint density at radius 1 is 1.60 bits per heavy atom. The van der Waals surface area contributed by atoms with Gasteiger partial charge in [0.2, 0.25) is 5.91 Å². The van der Waals surface area contributed by atoms with Crippen molar-refractivity contribution >= 4 is 5.91 Å². The first-order valence-corrected chi connectivity index (χ1v) is 3.62. The van der Waals surface area contributed by atoms with E-state index >= 15 is 0 Å². The minimum atomic E-state index is 0.0631. The predicted molar refractivity (Wildman–Crippen MR) is 39.7 cm³/mol. The monoisotopic (exact) mass is 142 g/mol. The van der Waals surface area contributed by atoms with Gasteiger partial charge in [0.15, 0.2) is 0 Å². The molecule has 3 nitrogen and oxygen atoms in total. The summed E-state index contributed by atoms with van der Waals surface area (Å²) in [6, 6.07) is 0. The van der Waals surface area contributed by atoms with Crippen molar-refractivity contribution in [3.05, 3.63) is 0 Å². The highest BCUT2D eigenvalue weighted by atomic mass is 16.1. The molecule has 1 amide bonds. The molecule has 0 aromatic carbocycles. The number of likely N-dealkylation sites (N-methyl/N-ethyl adjacent to an activating group) is 1. The van der Waals surface area contributed by atoms with Crippen LogP contribution in [0.25, 0.3) is 0 Å². The van der Waals surface area contributed by atoms with Crippen LogP contribution < -0.4 is 10.6 Å². The smallest absolute Gasteiger partial charge is 0.233 e. The molecule has 0 radical (unpaired) electrons. The van der Waals surface area contributed by atoms with Crippen LogP contribution in [0.2, 0.25) is 0 Å². The van der Waals surface area contributed by atoms with Crippen LogP contribution in [0.1, 0.15) is 19.8 Å². The maximum atomic E-state index is 10.7. The highest BCUT2D eigenvalue weighted by Gasteiger charge is 2.36. The molecule has 0 unspecified atom stereocenters. The minimum absolute atomic E-state index is 0.0631. The molecule has 0 aromatic rings. The van der Waals surface area contributed by atoms with Gasteiger partial charge in [-0.3, -0.25) is 4.79 Å². The molecule has 0 aliphatic heterocycles. The first-order chi connectivity index (χ1) is 4.66. The molecule has 0 spiro atoms. The van der Waals surface area contributed by atoms with Crippen molar-refractivity contribution in [3.8, 4) is 0 Å². The average Bonchev–Trinajstić information content (AvgIpc) is 2.64. The summed E-state index contributed by atoms with van der Waals surface area (Å²) in [6.07, 6.45) is 2.40. The van der Waals surface area contributed by atoms with Crippen LogP contribution in [0.5, 0.6) is 0 Å². The molecule has 1 rings (SSSR count). The second-order valence-electron chi connectivity index (χ2n) is 3.09. The maximum absolute atomic E-state index is 10.7. The maximum Gasteiger partial charge on any atom is 0.233 e. The van der Waals surface area contributed by atoms with E-state index in [4.69, 9.17) is 0 Å². The Balaban J connectivity index is 2.10. The molecule has 0 heterocycles. The number of nitrogens with one attached hydrogen (secondary N) is 2. The zero-order chi connectivity index (χ0) is 7.61. The van der Waals surface area contributed by atoms with Crippen LogP contribution in [-0.4, -0.2) is 25.0 Å². The molecule has 0 bridgehead atoms. The Morgan fingerprint density at radius 3 is 2.60 bits per heavy atom. The van der Waals surface area contributed by atoms with E-state index in [-0.39, 0.29) is 11.4 Å². The summed E-state index contributed by atoms with van der Waals surface area (Å²) in [7, 11) is 1.65. The van der Waals surface area contributed by atoms with Crippen molar-refractivity contribution in [1.82, 2.24) is 10.6 Å². The molecule has 1 fully saturated rings. The van der Waals surface area contributed by atoms with E-state index in [0.717, 1.165) is 0 Å². The number of rotatable bonds is 3. The summed E-state index contributed by atoms with van der Waals surface area (Å²) >= 11 is 0. The van der Waals surface area contributed by atoms with Gasteiger partial charge in [-0.2, -0.15) is 0 Å². The second kappa shape index (κ2) is 2.58. The average molecular weight is 142 g/mol. The predicted octanol–water partition coefficient (Wildman–Crippen LogP) is -0.126. The van der Waals surface area contributed by atoms with Crippen LogP contribution in [0.15, 0.2) is 0 Å². The summed E-state index contributed by atoms with van der Waals surface area (Å²) in [5.74, 6) is 0.0631. The Hall–Kier alpha value is -0.570. The van der Waals surface area contributed by atoms with Gasteiger partial charge in [0.1, 0.15) is 0 Å². The lowest BCUT2D eigenvalue weighted by Gasteiger charge is -2.08. The third kappa shape index (κ3) is 1.99.